The molecule has 0 saturated carbocycles. The second kappa shape index (κ2) is 5.92. The van der Waals surface area contributed by atoms with Crippen molar-refractivity contribution in [2.24, 2.45) is 0 Å². The summed E-state index contributed by atoms with van der Waals surface area (Å²) in [7, 11) is 0. The number of benzene rings is 2. The fraction of sp³-hybridized carbons (Fsp3) is 0.200. The summed E-state index contributed by atoms with van der Waals surface area (Å²) >= 11 is 0. The molecule has 0 nitrogen and oxygen atoms in total. The summed E-state index contributed by atoms with van der Waals surface area (Å²) in [5.41, 5.74) is 5.13. The molecule has 1 aliphatic carbocycles. The van der Waals surface area contributed by atoms with E-state index in [1.54, 1.807) is 0 Å². The van der Waals surface area contributed by atoms with Crippen molar-refractivity contribution >= 4 is 29.0 Å². The summed E-state index contributed by atoms with van der Waals surface area (Å²) in [6.07, 6.45) is 8.37. The molecule has 0 aromatic heterocycles. The standard InChI is InChI=1S/C18H16.C2H6/c1-4-13-14(5-2)17-11-10-12(3)18(17)16-9-7-6-8-15(13)16;1-2/h4-12H,1-2H2,3H3;1-2H3. The van der Waals surface area contributed by atoms with Gasteiger partial charge in [-0.15, -0.1) is 0 Å². The molecular formula is C20H22. The van der Waals surface area contributed by atoms with Crippen LogP contribution in [0, 0.1) is 0 Å². The molecule has 20 heavy (non-hydrogen) atoms. The lowest BCUT2D eigenvalue weighted by molar-refractivity contribution is 1.00. The summed E-state index contributed by atoms with van der Waals surface area (Å²) in [6.45, 7) is 14.2. The van der Waals surface area contributed by atoms with Gasteiger partial charge in [0.25, 0.3) is 0 Å². The molecule has 0 amide bonds. The van der Waals surface area contributed by atoms with Gasteiger partial charge in [0.2, 0.25) is 0 Å². The van der Waals surface area contributed by atoms with E-state index in [2.05, 4.69) is 56.5 Å². The van der Waals surface area contributed by atoms with Gasteiger partial charge in [-0.05, 0) is 33.0 Å². The number of rotatable bonds is 2. The van der Waals surface area contributed by atoms with Crippen molar-refractivity contribution in [1.82, 2.24) is 0 Å². The highest BCUT2D eigenvalue weighted by Gasteiger charge is 2.21. The van der Waals surface area contributed by atoms with Gasteiger partial charge < -0.3 is 0 Å². The first-order valence-electron chi connectivity index (χ1n) is 7.29. The molecule has 1 unspecified atom stereocenters. The number of hydrogen-bond donors (Lipinski definition) is 0. The fourth-order valence-electron chi connectivity index (χ4n) is 2.98. The molecule has 0 spiro atoms. The van der Waals surface area contributed by atoms with Crippen LogP contribution in [0.15, 0.2) is 43.5 Å². The Morgan fingerprint density at radius 3 is 2.15 bits per heavy atom. The Hall–Kier alpha value is -2.08. The molecule has 0 saturated heterocycles. The first-order chi connectivity index (χ1) is 9.77. The second-order valence-electron chi connectivity index (χ2n) is 4.76. The minimum atomic E-state index is 0.475. The summed E-state index contributed by atoms with van der Waals surface area (Å²) < 4.78 is 0. The van der Waals surface area contributed by atoms with E-state index >= 15 is 0 Å². The molecule has 0 aliphatic heterocycles. The highest BCUT2D eigenvalue weighted by molar-refractivity contribution is 6.01. The predicted molar refractivity (Wildman–Crippen MR) is 92.9 cm³/mol. The van der Waals surface area contributed by atoms with Crippen LogP contribution in [0.2, 0.25) is 0 Å². The quantitative estimate of drug-likeness (QED) is 0.597. The molecule has 3 rings (SSSR count). The van der Waals surface area contributed by atoms with Crippen molar-refractivity contribution in [1.29, 1.82) is 0 Å². The van der Waals surface area contributed by atoms with Gasteiger partial charge in [-0.2, -0.15) is 0 Å². The van der Waals surface area contributed by atoms with Gasteiger partial charge in [0.05, 0.1) is 0 Å². The van der Waals surface area contributed by atoms with Gasteiger partial charge in [-0.3, -0.25) is 0 Å². The SMILES string of the molecule is C=Cc1c2c(c3ccccc3c1C=C)C(C)C=C2.CC. The van der Waals surface area contributed by atoms with Gasteiger partial charge in [0, 0.05) is 5.92 Å². The largest absolute Gasteiger partial charge is 0.0984 e. The molecule has 1 atom stereocenters. The van der Waals surface area contributed by atoms with Crippen LogP contribution >= 0.6 is 0 Å². The van der Waals surface area contributed by atoms with E-state index in [1.807, 2.05) is 26.0 Å². The minimum Gasteiger partial charge on any atom is -0.0984 e. The van der Waals surface area contributed by atoms with Crippen LogP contribution in [0.5, 0.6) is 0 Å². The third-order valence-electron chi connectivity index (χ3n) is 3.79. The lowest BCUT2D eigenvalue weighted by Crippen LogP contribution is -1.96. The summed E-state index contributed by atoms with van der Waals surface area (Å²) in [5, 5.41) is 2.61. The molecule has 0 radical (unpaired) electrons. The Kier molecular flexibility index (Phi) is 4.24. The molecule has 102 valence electrons. The lowest BCUT2D eigenvalue weighted by Gasteiger charge is -2.16. The molecule has 0 heteroatoms. The molecule has 1 aliphatic rings. The Morgan fingerprint density at radius 1 is 0.950 bits per heavy atom. The number of allylic oxidation sites excluding steroid dienone is 1. The van der Waals surface area contributed by atoms with E-state index < -0.39 is 0 Å². The van der Waals surface area contributed by atoms with Crippen LogP contribution in [-0.2, 0) is 0 Å². The van der Waals surface area contributed by atoms with E-state index in [0.717, 1.165) is 0 Å². The first kappa shape index (κ1) is 14.3. The van der Waals surface area contributed by atoms with Crippen molar-refractivity contribution in [3.8, 4) is 0 Å². The summed E-state index contributed by atoms with van der Waals surface area (Å²) in [6, 6.07) is 8.57. The van der Waals surface area contributed by atoms with Crippen molar-refractivity contribution < 1.29 is 0 Å². The molecule has 0 N–H and O–H groups in total. The number of hydrogen-bond acceptors (Lipinski definition) is 0. The van der Waals surface area contributed by atoms with Crippen LogP contribution < -0.4 is 0 Å². The first-order valence-corrected chi connectivity index (χ1v) is 7.29. The zero-order valence-electron chi connectivity index (χ0n) is 12.6. The Bertz CT molecular complexity index is 687. The van der Waals surface area contributed by atoms with Crippen molar-refractivity contribution in [3.63, 3.8) is 0 Å². The van der Waals surface area contributed by atoms with Crippen molar-refractivity contribution in [2.75, 3.05) is 0 Å². The topological polar surface area (TPSA) is 0 Å². The average molecular weight is 262 g/mol. The van der Waals surface area contributed by atoms with Crippen molar-refractivity contribution in [3.05, 3.63) is 65.8 Å². The molecular weight excluding hydrogens is 240 g/mol. The zero-order chi connectivity index (χ0) is 14.7. The normalized spacial score (nSPS) is 15.4. The van der Waals surface area contributed by atoms with Crippen LogP contribution in [0.25, 0.3) is 29.0 Å². The highest BCUT2D eigenvalue weighted by atomic mass is 14.2. The molecule has 2 aromatic rings. The maximum absolute atomic E-state index is 3.97. The van der Waals surface area contributed by atoms with Gasteiger partial charge in [-0.1, -0.05) is 82.5 Å². The van der Waals surface area contributed by atoms with Gasteiger partial charge in [0.1, 0.15) is 0 Å². The predicted octanol–water partition coefficient (Wildman–Crippen LogP) is 6.28. The monoisotopic (exact) mass is 262 g/mol. The van der Waals surface area contributed by atoms with E-state index in [1.165, 1.54) is 33.0 Å². The minimum absolute atomic E-state index is 0.475. The summed E-state index contributed by atoms with van der Waals surface area (Å²) in [4.78, 5) is 0. The summed E-state index contributed by atoms with van der Waals surface area (Å²) in [5.74, 6) is 0.475. The van der Waals surface area contributed by atoms with Crippen LogP contribution in [0.3, 0.4) is 0 Å². The van der Waals surface area contributed by atoms with Gasteiger partial charge in [-0.25, -0.2) is 0 Å². The maximum atomic E-state index is 3.97. The van der Waals surface area contributed by atoms with Gasteiger partial charge >= 0.3 is 0 Å². The molecule has 0 bridgehead atoms. The molecule has 2 aromatic carbocycles. The highest BCUT2D eigenvalue weighted by Crippen LogP contribution is 2.41. The Morgan fingerprint density at radius 2 is 1.55 bits per heavy atom. The third kappa shape index (κ3) is 2.02. The van der Waals surface area contributed by atoms with Crippen LogP contribution in [0.4, 0.5) is 0 Å². The van der Waals surface area contributed by atoms with E-state index in [-0.39, 0.29) is 0 Å². The maximum Gasteiger partial charge on any atom is 0.000522 e. The van der Waals surface area contributed by atoms with Crippen LogP contribution in [0.1, 0.15) is 48.9 Å². The smallest absolute Gasteiger partial charge is 0.000522 e. The van der Waals surface area contributed by atoms with Crippen LogP contribution in [-0.4, -0.2) is 0 Å². The number of fused-ring (bicyclic) bond motifs is 3. The Labute approximate surface area is 122 Å². The van der Waals surface area contributed by atoms with E-state index in [4.69, 9.17) is 0 Å². The second-order valence-corrected chi connectivity index (χ2v) is 4.76. The van der Waals surface area contributed by atoms with Gasteiger partial charge in [0.15, 0.2) is 0 Å². The zero-order valence-corrected chi connectivity index (χ0v) is 12.6. The van der Waals surface area contributed by atoms with Crippen molar-refractivity contribution in [2.45, 2.75) is 26.7 Å². The fourth-order valence-corrected chi connectivity index (χ4v) is 2.98. The van der Waals surface area contributed by atoms with E-state index in [0.29, 0.717) is 5.92 Å². The average Bonchev–Trinajstić information content (AvgIpc) is 2.90. The Balaban J connectivity index is 0.000000704. The third-order valence-corrected chi connectivity index (χ3v) is 3.79. The molecule has 0 heterocycles. The van der Waals surface area contributed by atoms with E-state index in [9.17, 15) is 0 Å². The molecule has 0 fully saturated rings. The lowest BCUT2D eigenvalue weighted by atomic mass is 9.87.